The molecule has 0 aliphatic carbocycles. The summed E-state index contributed by atoms with van der Waals surface area (Å²) >= 11 is 0. The monoisotopic (exact) mass is 333 g/mol. The Bertz CT molecular complexity index is 341. The number of aliphatic hydroxyl groups excluding tert-OH is 1. The van der Waals surface area contributed by atoms with Gasteiger partial charge in [0.25, 0.3) is 0 Å². The molecule has 1 rings (SSSR count). The van der Waals surface area contributed by atoms with E-state index in [1.807, 2.05) is 0 Å². The minimum atomic E-state index is -1.17. The molecule has 3 unspecified atom stereocenters. The summed E-state index contributed by atoms with van der Waals surface area (Å²) in [5.41, 5.74) is 6.03. The third-order valence-electron chi connectivity index (χ3n) is 3.78. The van der Waals surface area contributed by atoms with Crippen LogP contribution in [0, 0.1) is 0 Å². The molecule has 136 valence electrons. The molecule has 0 bridgehead atoms. The molecule has 1 fully saturated rings. The summed E-state index contributed by atoms with van der Waals surface area (Å²) in [6.45, 7) is 6.55. The molecular formula is C16H31NO6. The number of carbonyl (C=O) groups excluding carboxylic acids is 1. The predicted molar refractivity (Wildman–Crippen MR) is 84.8 cm³/mol. The van der Waals surface area contributed by atoms with Crippen LogP contribution >= 0.6 is 0 Å². The van der Waals surface area contributed by atoms with Crippen LogP contribution in [-0.4, -0.2) is 61.5 Å². The van der Waals surface area contributed by atoms with Crippen LogP contribution in [0.3, 0.4) is 0 Å². The standard InChI is InChI=1S/C16H31NO6/c1-4-6-8-20-14-12(10-22-11(3)18)23-16(19)13(17)15(14)21-9-7-5-2/h12-16,19H,4-10,17H2,1-3H3/t12?,13-,14+,15?,16?/m0/s1. The van der Waals surface area contributed by atoms with Gasteiger partial charge in [0.05, 0.1) is 6.04 Å². The number of unbranched alkanes of at least 4 members (excludes halogenated alkanes) is 2. The van der Waals surface area contributed by atoms with Crippen molar-refractivity contribution >= 4 is 5.97 Å². The second kappa shape index (κ2) is 10.9. The molecule has 0 saturated carbocycles. The van der Waals surface area contributed by atoms with Crippen LogP contribution in [0.15, 0.2) is 0 Å². The lowest BCUT2D eigenvalue weighted by Crippen LogP contribution is -2.63. The van der Waals surface area contributed by atoms with Crippen molar-refractivity contribution in [1.29, 1.82) is 0 Å². The third-order valence-corrected chi connectivity index (χ3v) is 3.78. The molecule has 1 saturated heterocycles. The molecule has 0 radical (unpaired) electrons. The van der Waals surface area contributed by atoms with Crippen LogP contribution in [0.25, 0.3) is 0 Å². The molecule has 7 heteroatoms. The highest BCUT2D eigenvalue weighted by atomic mass is 16.7. The zero-order chi connectivity index (χ0) is 17.2. The van der Waals surface area contributed by atoms with E-state index in [0.29, 0.717) is 13.2 Å². The molecule has 1 aliphatic rings. The summed E-state index contributed by atoms with van der Waals surface area (Å²) in [6.07, 6.45) is 1.05. The molecular weight excluding hydrogens is 302 g/mol. The van der Waals surface area contributed by atoms with Gasteiger partial charge in [-0.15, -0.1) is 0 Å². The van der Waals surface area contributed by atoms with Gasteiger partial charge < -0.3 is 29.8 Å². The number of hydrogen-bond donors (Lipinski definition) is 2. The molecule has 3 N–H and O–H groups in total. The zero-order valence-electron chi connectivity index (χ0n) is 14.4. The second-order valence-electron chi connectivity index (χ2n) is 5.82. The predicted octanol–water partition coefficient (Wildman–Crippen LogP) is 0.965. The van der Waals surface area contributed by atoms with E-state index in [-0.39, 0.29) is 6.61 Å². The van der Waals surface area contributed by atoms with Crippen molar-refractivity contribution in [1.82, 2.24) is 0 Å². The maximum absolute atomic E-state index is 11.1. The number of rotatable bonds is 10. The third kappa shape index (κ3) is 6.73. The summed E-state index contributed by atoms with van der Waals surface area (Å²) in [5.74, 6) is -0.409. The molecule has 1 aliphatic heterocycles. The maximum Gasteiger partial charge on any atom is 0.302 e. The lowest BCUT2D eigenvalue weighted by Gasteiger charge is -2.43. The molecule has 0 spiro atoms. The first-order valence-electron chi connectivity index (χ1n) is 8.46. The van der Waals surface area contributed by atoms with Gasteiger partial charge in [-0.1, -0.05) is 26.7 Å². The number of aliphatic hydroxyl groups is 1. The highest BCUT2D eigenvalue weighted by Gasteiger charge is 2.45. The van der Waals surface area contributed by atoms with Crippen LogP contribution in [0.4, 0.5) is 0 Å². The van der Waals surface area contributed by atoms with Crippen molar-refractivity contribution in [3.8, 4) is 0 Å². The fraction of sp³-hybridized carbons (Fsp3) is 0.938. The lowest BCUT2D eigenvalue weighted by atomic mass is 9.97. The minimum absolute atomic E-state index is 0.00351. The molecule has 0 aromatic carbocycles. The summed E-state index contributed by atoms with van der Waals surface area (Å²) in [7, 11) is 0. The fourth-order valence-electron chi connectivity index (χ4n) is 2.41. The van der Waals surface area contributed by atoms with E-state index in [1.54, 1.807) is 0 Å². The van der Waals surface area contributed by atoms with Crippen LogP contribution in [0.2, 0.25) is 0 Å². The van der Waals surface area contributed by atoms with Gasteiger partial charge >= 0.3 is 5.97 Å². The van der Waals surface area contributed by atoms with Crippen LogP contribution in [0.1, 0.15) is 46.5 Å². The van der Waals surface area contributed by atoms with E-state index < -0.39 is 36.6 Å². The Morgan fingerprint density at radius 1 is 1.13 bits per heavy atom. The first kappa shape index (κ1) is 20.3. The molecule has 23 heavy (non-hydrogen) atoms. The lowest BCUT2D eigenvalue weighted by molar-refractivity contribution is -0.268. The van der Waals surface area contributed by atoms with Gasteiger partial charge in [0, 0.05) is 20.1 Å². The molecule has 1 heterocycles. The van der Waals surface area contributed by atoms with E-state index in [2.05, 4.69) is 13.8 Å². The second-order valence-corrected chi connectivity index (χ2v) is 5.82. The summed E-state index contributed by atoms with van der Waals surface area (Å²) in [6, 6.07) is -0.702. The van der Waals surface area contributed by atoms with Crippen molar-refractivity contribution in [3.05, 3.63) is 0 Å². The van der Waals surface area contributed by atoms with Gasteiger partial charge in [0.1, 0.15) is 24.9 Å². The summed E-state index contributed by atoms with van der Waals surface area (Å²) in [4.78, 5) is 11.1. The number of esters is 1. The van der Waals surface area contributed by atoms with Gasteiger partial charge in [-0.25, -0.2) is 0 Å². The van der Waals surface area contributed by atoms with Crippen molar-refractivity contribution in [2.24, 2.45) is 5.73 Å². The topological polar surface area (TPSA) is 100 Å². The highest BCUT2D eigenvalue weighted by Crippen LogP contribution is 2.25. The Labute approximate surface area is 138 Å². The quantitative estimate of drug-likeness (QED) is 0.454. The molecule has 0 amide bonds. The number of hydrogen-bond acceptors (Lipinski definition) is 7. The minimum Gasteiger partial charge on any atom is -0.463 e. The average Bonchev–Trinajstić information content (AvgIpc) is 2.51. The van der Waals surface area contributed by atoms with Crippen LogP contribution in [-0.2, 0) is 23.7 Å². The van der Waals surface area contributed by atoms with E-state index in [9.17, 15) is 9.90 Å². The van der Waals surface area contributed by atoms with Gasteiger partial charge in [0.15, 0.2) is 6.29 Å². The molecule has 5 atom stereocenters. The average molecular weight is 333 g/mol. The SMILES string of the molecule is CCCCOC1[C@H](N)C(O)OC(COC(C)=O)[C@H]1OCCCC. The summed E-state index contributed by atoms with van der Waals surface area (Å²) < 4.78 is 22.3. The summed E-state index contributed by atoms with van der Waals surface area (Å²) in [5, 5.41) is 10.0. The van der Waals surface area contributed by atoms with E-state index in [0.717, 1.165) is 25.7 Å². The van der Waals surface area contributed by atoms with Crippen LogP contribution in [0.5, 0.6) is 0 Å². The Balaban J connectivity index is 2.76. The Hall–Kier alpha value is -0.730. The molecule has 0 aromatic heterocycles. The largest absolute Gasteiger partial charge is 0.463 e. The first-order valence-corrected chi connectivity index (χ1v) is 8.46. The number of ether oxygens (including phenoxy) is 4. The van der Waals surface area contributed by atoms with Crippen molar-refractivity contribution in [2.75, 3.05) is 19.8 Å². The van der Waals surface area contributed by atoms with Crippen molar-refractivity contribution < 1.29 is 28.8 Å². The van der Waals surface area contributed by atoms with Gasteiger partial charge in [-0.3, -0.25) is 4.79 Å². The zero-order valence-corrected chi connectivity index (χ0v) is 14.4. The number of nitrogens with two attached hydrogens (primary N) is 1. The van der Waals surface area contributed by atoms with Crippen LogP contribution < -0.4 is 5.73 Å². The Morgan fingerprint density at radius 2 is 1.70 bits per heavy atom. The smallest absolute Gasteiger partial charge is 0.302 e. The Kier molecular flexibility index (Phi) is 9.66. The number of carbonyl (C=O) groups is 1. The van der Waals surface area contributed by atoms with E-state index in [1.165, 1.54) is 6.92 Å². The molecule has 0 aromatic rings. The van der Waals surface area contributed by atoms with Crippen molar-refractivity contribution in [3.63, 3.8) is 0 Å². The normalized spacial score (nSPS) is 31.1. The van der Waals surface area contributed by atoms with Gasteiger partial charge in [-0.2, -0.15) is 0 Å². The van der Waals surface area contributed by atoms with Crippen molar-refractivity contribution in [2.45, 2.75) is 77.1 Å². The highest BCUT2D eigenvalue weighted by molar-refractivity contribution is 5.65. The first-order chi connectivity index (χ1) is 11.0. The van der Waals surface area contributed by atoms with E-state index in [4.69, 9.17) is 24.7 Å². The van der Waals surface area contributed by atoms with E-state index >= 15 is 0 Å². The fourth-order valence-corrected chi connectivity index (χ4v) is 2.41. The maximum atomic E-state index is 11.1. The van der Waals surface area contributed by atoms with Gasteiger partial charge in [0.2, 0.25) is 0 Å². The Morgan fingerprint density at radius 3 is 2.22 bits per heavy atom. The molecule has 7 nitrogen and oxygen atoms in total. The van der Waals surface area contributed by atoms with Gasteiger partial charge in [-0.05, 0) is 12.8 Å².